The molecule has 0 heterocycles. The van der Waals surface area contributed by atoms with Crippen molar-refractivity contribution in [3.8, 4) is 0 Å². The van der Waals surface area contributed by atoms with Gasteiger partial charge < -0.3 is 9.64 Å². The summed E-state index contributed by atoms with van der Waals surface area (Å²) in [4.78, 5) is 15.3. The third-order valence-corrected chi connectivity index (χ3v) is 9.87. The second-order valence-corrected chi connectivity index (χ2v) is 14.8. The average molecular weight is 622 g/mol. The summed E-state index contributed by atoms with van der Waals surface area (Å²) < 4.78 is 6.40. The van der Waals surface area contributed by atoms with Crippen LogP contribution in [0, 0.1) is 11.8 Å². The molecule has 0 aliphatic rings. The maximum Gasteiger partial charge on any atom is 0.306 e. The van der Waals surface area contributed by atoms with E-state index < -0.39 is 0 Å². The third-order valence-electron chi connectivity index (χ3n) is 9.87. The van der Waals surface area contributed by atoms with E-state index >= 15 is 0 Å². The van der Waals surface area contributed by atoms with Gasteiger partial charge in [-0.1, -0.05) is 175 Å². The number of carbonyl (C=O) groups excluding carboxylic acids is 1. The number of nitrogens with zero attached hydrogens (tertiary/aromatic N) is 1. The Morgan fingerprint density at radius 1 is 0.500 bits per heavy atom. The highest BCUT2D eigenvalue weighted by Crippen LogP contribution is 2.28. The van der Waals surface area contributed by atoms with E-state index in [1.54, 1.807) is 0 Å². The van der Waals surface area contributed by atoms with E-state index in [1.165, 1.54) is 167 Å². The molecular formula is C41H83NO2. The van der Waals surface area contributed by atoms with Crippen LogP contribution in [-0.2, 0) is 9.53 Å². The van der Waals surface area contributed by atoms with Gasteiger partial charge in [0.2, 0.25) is 0 Å². The number of hydrogen-bond acceptors (Lipinski definition) is 3. The van der Waals surface area contributed by atoms with Crippen LogP contribution >= 0.6 is 0 Å². The predicted octanol–water partition coefficient (Wildman–Crippen LogP) is 13.5. The fraction of sp³-hybridized carbons (Fsp3) is 0.976. The molecule has 0 aromatic rings. The molecule has 44 heavy (non-hydrogen) atoms. The van der Waals surface area contributed by atoms with Crippen LogP contribution in [0.15, 0.2) is 0 Å². The van der Waals surface area contributed by atoms with Gasteiger partial charge in [-0.15, -0.1) is 0 Å². The summed E-state index contributed by atoms with van der Waals surface area (Å²) in [5.41, 5.74) is 0. The van der Waals surface area contributed by atoms with Gasteiger partial charge in [0.1, 0.15) is 6.10 Å². The Morgan fingerprint density at radius 2 is 0.932 bits per heavy atom. The quantitative estimate of drug-likeness (QED) is 0.0521. The van der Waals surface area contributed by atoms with Gasteiger partial charge >= 0.3 is 5.97 Å². The fourth-order valence-corrected chi connectivity index (χ4v) is 6.92. The van der Waals surface area contributed by atoms with Gasteiger partial charge in [0.15, 0.2) is 0 Å². The summed E-state index contributed by atoms with van der Waals surface area (Å²) in [6.07, 6.45) is 38.9. The highest BCUT2D eigenvalue weighted by molar-refractivity contribution is 5.69. The van der Waals surface area contributed by atoms with E-state index in [4.69, 9.17) is 4.74 Å². The monoisotopic (exact) mass is 622 g/mol. The Balaban J connectivity index is 4.99. The molecule has 3 unspecified atom stereocenters. The lowest BCUT2D eigenvalue weighted by molar-refractivity contribution is -0.153. The van der Waals surface area contributed by atoms with E-state index in [1.807, 2.05) is 0 Å². The van der Waals surface area contributed by atoms with E-state index in [2.05, 4.69) is 46.7 Å². The zero-order chi connectivity index (χ0) is 32.5. The molecule has 0 aliphatic heterocycles. The molecule has 3 heteroatoms. The molecule has 0 aromatic heterocycles. The first-order valence-electron chi connectivity index (χ1n) is 20.3. The normalized spacial score (nSPS) is 13.8. The van der Waals surface area contributed by atoms with Crippen molar-refractivity contribution in [3.63, 3.8) is 0 Å². The predicted molar refractivity (Wildman–Crippen MR) is 197 cm³/mol. The van der Waals surface area contributed by atoms with Crippen molar-refractivity contribution in [3.05, 3.63) is 0 Å². The number of hydrogen-bond donors (Lipinski definition) is 0. The van der Waals surface area contributed by atoms with Crippen LogP contribution in [0.3, 0.4) is 0 Å². The number of rotatable bonds is 35. The molecule has 3 nitrogen and oxygen atoms in total. The zero-order valence-corrected chi connectivity index (χ0v) is 31.4. The zero-order valence-electron chi connectivity index (χ0n) is 31.4. The Kier molecular flexibility index (Phi) is 33.3. The molecule has 3 atom stereocenters. The minimum atomic E-state index is 0.0650. The molecule has 0 aliphatic carbocycles. The topological polar surface area (TPSA) is 29.5 Å². The summed E-state index contributed by atoms with van der Waals surface area (Å²) in [6, 6.07) is 0. The summed E-state index contributed by atoms with van der Waals surface area (Å²) in [5, 5.41) is 0. The van der Waals surface area contributed by atoms with Crippen LogP contribution in [0.25, 0.3) is 0 Å². The van der Waals surface area contributed by atoms with E-state index in [0.717, 1.165) is 31.7 Å². The van der Waals surface area contributed by atoms with E-state index in [9.17, 15) is 4.79 Å². The summed E-state index contributed by atoms with van der Waals surface area (Å²) >= 11 is 0. The number of unbranched alkanes of at least 4 members (excludes halogenated alkanes) is 19. The molecule has 264 valence electrons. The first-order valence-corrected chi connectivity index (χ1v) is 20.3. The molecule has 0 radical (unpaired) electrons. The van der Waals surface area contributed by atoms with Gasteiger partial charge in [-0.2, -0.15) is 0 Å². The lowest BCUT2D eigenvalue weighted by Crippen LogP contribution is -2.27. The Labute approximate surface area is 278 Å². The molecule has 0 amide bonds. The first-order chi connectivity index (χ1) is 21.4. The molecular weight excluding hydrogens is 538 g/mol. The largest absolute Gasteiger partial charge is 0.462 e. The maximum atomic E-state index is 13.1. The van der Waals surface area contributed by atoms with Gasteiger partial charge in [0.05, 0.1) is 0 Å². The molecule has 0 aromatic carbocycles. The van der Waals surface area contributed by atoms with Gasteiger partial charge in [-0.25, -0.2) is 0 Å². The molecule has 0 spiro atoms. The summed E-state index contributed by atoms with van der Waals surface area (Å²) in [5.74, 6) is 1.48. The molecule has 0 N–H and O–H groups in total. The standard InChI is InChI=1S/C41H83NO2/c1-7-10-12-14-16-18-20-22-27-34-39(33-26-21-19-17-15-13-11-8-2)40(44-41(43)36-29-30-37-42(5)6)35-28-24-23-25-32-38(4)31-9-3/h38-40H,7-37H2,1-6H3. The van der Waals surface area contributed by atoms with Crippen LogP contribution in [0.1, 0.15) is 220 Å². The Morgan fingerprint density at radius 3 is 1.39 bits per heavy atom. The fourth-order valence-electron chi connectivity index (χ4n) is 6.92. The van der Waals surface area contributed by atoms with Crippen LogP contribution in [0.4, 0.5) is 0 Å². The molecule has 0 fully saturated rings. The average Bonchev–Trinajstić information content (AvgIpc) is 3.00. The van der Waals surface area contributed by atoms with E-state index in [-0.39, 0.29) is 12.1 Å². The minimum absolute atomic E-state index is 0.0650. The Hall–Kier alpha value is -0.570. The van der Waals surface area contributed by atoms with Crippen LogP contribution in [0.5, 0.6) is 0 Å². The first kappa shape index (κ1) is 43.4. The van der Waals surface area contributed by atoms with Crippen molar-refractivity contribution in [1.82, 2.24) is 4.90 Å². The van der Waals surface area contributed by atoms with Crippen LogP contribution in [0.2, 0.25) is 0 Å². The summed E-state index contributed by atoms with van der Waals surface area (Å²) in [6.45, 7) is 10.4. The highest BCUT2D eigenvalue weighted by atomic mass is 16.5. The van der Waals surface area contributed by atoms with Gasteiger partial charge in [-0.05, 0) is 71.0 Å². The summed E-state index contributed by atoms with van der Waals surface area (Å²) in [7, 11) is 4.22. The third kappa shape index (κ3) is 30.1. The van der Waals surface area contributed by atoms with Crippen LogP contribution in [-0.4, -0.2) is 37.6 Å². The second kappa shape index (κ2) is 33.8. The van der Waals surface area contributed by atoms with Crippen molar-refractivity contribution in [2.24, 2.45) is 11.8 Å². The molecule has 0 rings (SSSR count). The number of esters is 1. The van der Waals surface area contributed by atoms with Crippen LogP contribution < -0.4 is 0 Å². The lowest BCUT2D eigenvalue weighted by Gasteiger charge is -2.28. The number of ether oxygens (including phenoxy) is 1. The van der Waals surface area contributed by atoms with Crippen molar-refractivity contribution >= 4 is 5.97 Å². The Bertz CT molecular complexity index is 577. The van der Waals surface area contributed by atoms with Gasteiger partial charge in [0.25, 0.3) is 0 Å². The highest BCUT2D eigenvalue weighted by Gasteiger charge is 2.24. The van der Waals surface area contributed by atoms with E-state index in [0.29, 0.717) is 12.3 Å². The molecule has 0 bridgehead atoms. The maximum absolute atomic E-state index is 13.1. The number of carbonyl (C=O) groups is 1. The smallest absolute Gasteiger partial charge is 0.306 e. The van der Waals surface area contributed by atoms with Crippen molar-refractivity contribution < 1.29 is 9.53 Å². The molecule has 0 saturated carbocycles. The SMILES string of the molecule is CCCCCCCCCCCC(CCCCCCCCCC)C(CCCCCCC(C)CCC)OC(=O)CCCCN(C)C. The second-order valence-electron chi connectivity index (χ2n) is 14.8. The van der Waals surface area contributed by atoms with Crippen molar-refractivity contribution in [2.45, 2.75) is 226 Å². The van der Waals surface area contributed by atoms with Gasteiger partial charge in [-0.3, -0.25) is 4.79 Å². The van der Waals surface area contributed by atoms with Crippen molar-refractivity contribution in [2.75, 3.05) is 20.6 Å². The minimum Gasteiger partial charge on any atom is -0.462 e. The van der Waals surface area contributed by atoms with Crippen molar-refractivity contribution in [1.29, 1.82) is 0 Å². The lowest BCUT2D eigenvalue weighted by atomic mass is 9.86. The van der Waals surface area contributed by atoms with Gasteiger partial charge in [0, 0.05) is 6.42 Å². The molecule has 0 saturated heterocycles.